The first-order chi connectivity index (χ1) is 14.7. The maximum Gasteiger partial charge on any atom is 0.410 e. The van der Waals surface area contributed by atoms with E-state index in [4.69, 9.17) is 4.74 Å². The topological polar surface area (TPSA) is 67.2 Å². The first kappa shape index (κ1) is 21.1. The molecule has 3 aromatic heterocycles. The van der Waals surface area contributed by atoms with Crippen LogP contribution in [-0.2, 0) is 4.74 Å². The predicted molar refractivity (Wildman–Crippen MR) is 123 cm³/mol. The highest BCUT2D eigenvalue weighted by atomic mass is 32.1. The van der Waals surface area contributed by atoms with Crippen molar-refractivity contribution >= 4 is 40.2 Å². The van der Waals surface area contributed by atoms with Crippen LogP contribution in [-0.4, -0.2) is 52.0 Å². The number of ether oxygens (including phenoxy) is 1. The first-order valence-corrected chi connectivity index (χ1v) is 11.0. The van der Waals surface area contributed by atoms with Crippen molar-refractivity contribution in [3.05, 3.63) is 58.7 Å². The molecule has 1 aliphatic rings. The minimum atomic E-state index is -0.502. The van der Waals surface area contributed by atoms with Gasteiger partial charge in [0.05, 0.1) is 4.88 Å². The van der Waals surface area contributed by atoms with E-state index in [0.717, 1.165) is 28.2 Å². The summed E-state index contributed by atoms with van der Waals surface area (Å²) in [4.78, 5) is 34.6. The second kappa shape index (κ2) is 8.19. The van der Waals surface area contributed by atoms with Gasteiger partial charge in [-0.3, -0.25) is 4.79 Å². The van der Waals surface area contributed by atoms with E-state index in [2.05, 4.69) is 4.98 Å². The fraction of sp³-hybridized carbons (Fsp3) is 0.348. The van der Waals surface area contributed by atoms with Crippen LogP contribution in [0.15, 0.2) is 48.9 Å². The third-order valence-electron chi connectivity index (χ3n) is 5.07. The average Bonchev–Trinajstić information content (AvgIpc) is 3.40. The van der Waals surface area contributed by atoms with E-state index < -0.39 is 5.60 Å². The second-order valence-electron chi connectivity index (χ2n) is 8.51. The molecular weight excluding hydrogens is 412 g/mol. The highest BCUT2D eigenvalue weighted by Crippen LogP contribution is 2.30. The Bertz CT molecular complexity index is 1150. The minimum Gasteiger partial charge on any atom is -0.444 e. The third-order valence-corrected chi connectivity index (χ3v) is 6.22. The number of anilines is 1. The summed E-state index contributed by atoms with van der Waals surface area (Å²) in [6.45, 7) is 6.71. The van der Waals surface area contributed by atoms with Crippen molar-refractivity contribution in [2.24, 2.45) is 0 Å². The molecule has 162 valence electrons. The number of thiophene rings is 1. The molecule has 0 aromatic carbocycles. The molecule has 0 bridgehead atoms. The summed E-state index contributed by atoms with van der Waals surface area (Å²) in [5.41, 5.74) is 2.25. The van der Waals surface area contributed by atoms with E-state index in [1.807, 2.05) is 67.9 Å². The molecule has 0 saturated carbocycles. The van der Waals surface area contributed by atoms with Gasteiger partial charge in [-0.15, -0.1) is 11.3 Å². The van der Waals surface area contributed by atoms with Crippen LogP contribution in [0.3, 0.4) is 0 Å². The molecule has 4 rings (SSSR count). The molecular formula is C23H26N4O3S. The SMILES string of the molecule is CN(C(=O)c1ccc(C2=CCN(C(=O)OC(C)(C)C)CC2)s1)c1ccn2ccnc2c1. The highest BCUT2D eigenvalue weighted by Gasteiger charge is 2.25. The zero-order valence-electron chi connectivity index (χ0n) is 18.2. The van der Waals surface area contributed by atoms with Gasteiger partial charge in [0.25, 0.3) is 5.91 Å². The lowest BCUT2D eigenvalue weighted by Crippen LogP contribution is -2.39. The van der Waals surface area contributed by atoms with Gasteiger partial charge in [0, 0.05) is 55.4 Å². The maximum absolute atomic E-state index is 13.0. The van der Waals surface area contributed by atoms with Gasteiger partial charge in [0.15, 0.2) is 0 Å². The second-order valence-corrected chi connectivity index (χ2v) is 9.60. The molecule has 0 aliphatic carbocycles. The Morgan fingerprint density at radius 1 is 1.19 bits per heavy atom. The Kier molecular flexibility index (Phi) is 5.58. The number of pyridine rings is 1. The smallest absolute Gasteiger partial charge is 0.410 e. The molecule has 3 aromatic rings. The third kappa shape index (κ3) is 4.64. The van der Waals surface area contributed by atoms with Gasteiger partial charge in [0.1, 0.15) is 11.2 Å². The largest absolute Gasteiger partial charge is 0.444 e. The van der Waals surface area contributed by atoms with Gasteiger partial charge in [0.2, 0.25) is 0 Å². The Labute approximate surface area is 185 Å². The summed E-state index contributed by atoms with van der Waals surface area (Å²) in [5.74, 6) is -0.0565. The number of carbonyl (C=O) groups is 2. The molecule has 0 N–H and O–H groups in total. The van der Waals surface area contributed by atoms with Crippen LogP contribution in [0.4, 0.5) is 10.5 Å². The monoisotopic (exact) mass is 438 g/mol. The van der Waals surface area contributed by atoms with Gasteiger partial charge < -0.3 is 18.9 Å². The fourth-order valence-corrected chi connectivity index (χ4v) is 4.45. The fourth-order valence-electron chi connectivity index (χ4n) is 3.40. The minimum absolute atomic E-state index is 0.0565. The molecule has 0 radical (unpaired) electrons. The van der Waals surface area contributed by atoms with Crippen LogP contribution in [0.2, 0.25) is 0 Å². The summed E-state index contributed by atoms with van der Waals surface area (Å²) in [5, 5.41) is 0. The van der Waals surface area contributed by atoms with Crippen molar-refractivity contribution in [1.82, 2.24) is 14.3 Å². The Hall–Kier alpha value is -3.13. The van der Waals surface area contributed by atoms with Gasteiger partial charge in [-0.25, -0.2) is 9.78 Å². The van der Waals surface area contributed by atoms with Crippen LogP contribution < -0.4 is 4.90 Å². The molecule has 0 atom stereocenters. The van der Waals surface area contributed by atoms with Crippen molar-refractivity contribution in [3.63, 3.8) is 0 Å². The molecule has 8 heteroatoms. The van der Waals surface area contributed by atoms with Gasteiger partial charge in [-0.2, -0.15) is 0 Å². The molecule has 0 saturated heterocycles. The highest BCUT2D eigenvalue weighted by molar-refractivity contribution is 7.15. The first-order valence-electron chi connectivity index (χ1n) is 10.2. The molecule has 4 heterocycles. The average molecular weight is 439 g/mol. The van der Waals surface area contributed by atoms with E-state index in [1.165, 1.54) is 11.3 Å². The van der Waals surface area contributed by atoms with Crippen molar-refractivity contribution in [2.45, 2.75) is 32.8 Å². The number of nitrogens with zero attached hydrogens (tertiary/aromatic N) is 4. The zero-order chi connectivity index (χ0) is 22.2. The summed E-state index contributed by atoms with van der Waals surface area (Å²) < 4.78 is 7.35. The lowest BCUT2D eigenvalue weighted by atomic mass is 10.1. The zero-order valence-corrected chi connectivity index (χ0v) is 19.0. The number of carbonyl (C=O) groups excluding carboxylic acids is 2. The molecule has 0 unspecified atom stereocenters. The van der Waals surface area contributed by atoms with Crippen molar-refractivity contribution < 1.29 is 14.3 Å². The molecule has 1 aliphatic heterocycles. The number of hydrogen-bond acceptors (Lipinski definition) is 5. The lowest BCUT2D eigenvalue weighted by molar-refractivity contribution is 0.0270. The van der Waals surface area contributed by atoms with Crippen molar-refractivity contribution in [1.29, 1.82) is 0 Å². The number of amides is 2. The summed E-state index contributed by atoms with van der Waals surface area (Å²) >= 11 is 1.48. The molecule has 2 amide bonds. The van der Waals surface area contributed by atoms with Crippen LogP contribution in [0.1, 0.15) is 41.7 Å². The molecule has 7 nitrogen and oxygen atoms in total. The van der Waals surface area contributed by atoms with Crippen LogP contribution in [0.5, 0.6) is 0 Å². The normalized spacial score (nSPS) is 14.5. The van der Waals surface area contributed by atoms with E-state index in [-0.39, 0.29) is 12.0 Å². The van der Waals surface area contributed by atoms with Gasteiger partial charge >= 0.3 is 6.09 Å². The number of fused-ring (bicyclic) bond motifs is 1. The van der Waals surface area contributed by atoms with E-state index in [0.29, 0.717) is 18.0 Å². The number of aromatic nitrogens is 2. The summed E-state index contributed by atoms with van der Waals surface area (Å²) in [7, 11) is 1.77. The molecule has 0 fully saturated rings. The number of rotatable bonds is 3. The van der Waals surface area contributed by atoms with Crippen molar-refractivity contribution in [3.8, 4) is 0 Å². The van der Waals surface area contributed by atoms with Crippen LogP contribution in [0, 0.1) is 0 Å². The van der Waals surface area contributed by atoms with E-state index >= 15 is 0 Å². The quantitative estimate of drug-likeness (QED) is 0.595. The van der Waals surface area contributed by atoms with Crippen LogP contribution in [0.25, 0.3) is 11.2 Å². The molecule has 0 spiro atoms. The Morgan fingerprint density at radius 3 is 2.71 bits per heavy atom. The predicted octanol–water partition coefficient (Wildman–Crippen LogP) is 4.70. The van der Waals surface area contributed by atoms with Crippen molar-refractivity contribution in [2.75, 3.05) is 25.0 Å². The van der Waals surface area contributed by atoms with E-state index in [9.17, 15) is 9.59 Å². The van der Waals surface area contributed by atoms with Crippen LogP contribution >= 0.6 is 11.3 Å². The summed E-state index contributed by atoms with van der Waals surface area (Å²) in [6, 6.07) is 7.64. The number of hydrogen-bond donors (Lipinski definition) is 0. The lowest BCUT2D eigenvalue weighted by Gasteiger charge is -2.29. The Morgan fingerprint density at radius 2 is 2.00 bits per heavy atom. The van der Waals surface area contributed by atoms with Gasteiger partial charge in [-0.05, 0) is 51.0 Å². The Balaban J connectivity index is 1.44. The summed E-state index contributed by atoms with van der Waals surface area (Å²) in [6.07, 6.45) is 7.98. The standard InChI is InChI=1S/C23H26N4O3S/c1-23(2,3)30-22(29)27-11-7-16(8-12-27)18-5-6-19(31-18)21(28)25(4)17-9-13-26-14-10-24-20(26)15-17/h5-7,9-10,13-15H,8,11-12H2,1-4H3. The van der Waals surface area contributed by atoms with Gasteiger partial charge in [-0.1, -0.05) is 6.08 Å². The van der Waals surface area contributed by atoms with E-state index in [1.54, 1.807) is 23.0 Å². The molecule has 31 heavy (non-hydrogen) atoms. The maximum atomic E-state index is 13.0. The number of imidazole rings is 1.